The number of rotatable bonds is 3. The minimum atomic E-state index is -2.76. The van der Waals surface area contributed by atoms with E-state index in [2.05, 4.69) is 4.98 Å². The smallest absolute Gasteiger partial charge is 0.307 e. The van der Waals surface area contributed by atoms with E-state index in [0.29, 0.717) is 3.70 Å². The normalized spacial score (nSPS) is 10.7. The summed E-state index contributed by atoms with van der Waals surface area (Å²) in [5, 5.41) is 8.35. The number of pyridine rings is 1. The molecule has 0 radical (unpaired) electrons. The van der Waals surface area contributed by atoms with Crippen LogP contribution in [0.5, 0.6) is 0 Å². The largest absolute Gasteiger partial charge is 0.481 e. The molecule has 0 aliphatic carbocycles. The van der Waals surface area contributed by atoms with E-state index < -0.39 is 18.8 Å². The fourth-order valence-electron chi connectivity index (χ4n) is 1.05. The lowest BCUT2D eigenvalue weighted by Gasteiger charge is -2.08. The van der Waals surface area contributed by atoms with Gasteiger partial charge in [-0.2, -0.15) is 0 Å². The van der Waals surface area contributed by atoms with Gasteiger partial charge in [0.15, 0.2) is 0 Å². The zero-order chi connectivity index (χ0) is 11.6. The first-order valence-electron chi connectivity index (χ1n) is 3.76. The number of alkyl halides is 2. The Bertz CT molecular complexity index is 400. The average Bonchev–Trinajstić information content (AvgIpc) is 2.08. The number of carboxylic acid groups (broad SMARTS) is 1. The van der Waals surface area contributed by atoms with Crippen LogP contribution in [0.4, 0.5) is 8.78 Å². The number of aliphatic carboxylic acids is 1. The van der Waals surface area contributed by atoms with Gasteiger partial charge in [0, 0.05) is 11.1 Å². The van der Waals surface area contributed by atoms with Crippen molar-refractivity contribution in [2.24, 2.45) is 0 Å². The summed E-state index contributed by atoms with van der Waals surface area (Å²) in [5.74, 6) is -1.22. The molecule has 0 fully saturated rings. The third kappa shape index (κ3) is 3.23. The number of carbonyl (C=O) groups is 1. The second kappa shape index (κ2) is 5.02. The Morgan fingerprint density at radius 3 is 2.73 bits per heavy atom. The highest BCUT2D eigenvalue weighted by molar-refractivity contribution is 14.1. The number of aromatic nitrogens is 1. The quantitative estimate of drug-likeness (QED) is 0.676. The van der Waals surface area contributed by atoms with Crippen LogP contribution in [0.2, 0.25) is 5.15 Å². The first-order chi connectivity index (χ1) is 6.91. The first kappa shape index (κ1) is 12.6. The lowest BCUT2D eigenvalue weighted by Crippen LogP contribution is -2.07. The van der Waals surface area contributed by atoms with Gasteiger partial charge in [-0.3, -0.25) is 4.79 Å². The van der Waals surface area contributed by atoms with Gasteiger partial charge in [-0.1, -0.05) is 11.6 Å². The van der Waals surface area contributed by atoms with Gasteiger partial charge in [0.1, 0.15) is 8.85 Å². The molecule has 3 nitrogen and oxygen atoms in total. The van der Waals surface area contributed by atoms with Crippen molar-refractivity contribution in [3.63, 3.8) is 0 Å². The highest BCUT2D eigenvalue weighted by Crippen LogP contribution is 2.29. The molecule has 82 valence electrons. The van der Waals surface area contributed by atoms with Crippen LogP contribution in [-0.2, 0) is 11.2 Å². The summed E-state index contributed by atoms with van der Waals surface area (Å²) in [5.41, 5.74) is -0.499. The molecule has 1 rings (SSSR count). The molecule has 0 aromatic carbocycles. The molecule has 0 saturated carbocycles. The molecule has 0 spiro atoms. The van der Waals surface area contributed by atoms with Gasteiger partial charge < -0.3 is 5.11 Å². The molecule has 1 N–H and O–H groups in total. The van der Waals surface area contributed by atoms with Crippen LogP contribution in [0.3, 0.4) is 0 Å². The number of hydrogen-bond acceptors (Lipinski definition) is 2. The van der Waals surface area contributed by atoms with Crippen molar-refractivity contribution >= 4 is 40.2 Å². The van der Waals surface area contributed by atoms with E-state index in [-0.39, 0.29) is 16.3 Å². The predicted molar refractivity (Wildman–Crippen MR) is 58.3 cm³/mol. The lowest BCUT2D eigenvalue weighted by molar-refractivity contribution is -0.136. The van der Waals surface area contributed by atoms with Crippen molar-refractivity contribution in [3.05, 3.63) is 26.0 Å². The SMILES string of the molecule is O=C(O)Cc1c(C(F)F)cc(I)nc1Cl. The summed E-state index contributed by atoms with van der Waals surface area (Å²) in [7, 11) is 0. The molecular formula is C8H5ClF2INO2. The molecule has 7 heteroatoms. The second-order valence-electron chi connectivity index (χ2n) is 2.67. The van der Waals surface area contributed by atoms with Gasteiger partial charge in [0.05, 0.1) is 6.42 Å². The molecular weight excluding hydrogens is 342 g/mol. The third-order valence-electron chi connectivity index (χ3n) is 1.64. The standard InChI is InChI=1S/C8H5ClF2INO2/c9-7-3(2-6(14)15)4(8(10)11)1-5(12)13-7/h1,8H,2H2,(H,14,15). The summed E-state index contributed by atoms with van der Waals surface area (Å²) >= 11 is 7.35. The van der Waals surface area contributed by atoms with Gasteiger partial charge >= 0.3 is 5.97 Å². The molecule has 1 aromatic heterocycles. The molecule has 1 heterocycles. The van der Waals surface area contributed by atoms with Crippen LogP contribution in [0.25, 0.3) is 0 Å². The van der Waals surface area contributed by atoms with E-state index in [1.165, 1.54) is 0 Å². The van der Waals surface area contributed by atoms with Gasteiger partial charge in [0.25, 0.3) is 6.43 Å². The lowest BCUT2D eigenvalue weighted by atomic mass is 10.1. The maximum absolute atomic E-state index is 12.6. The predicted octanol–water partition coefficient (Wildman–Crippen LogP) is 2.90. The zero-order valence-corrected chi connectivity index (χ0v) is 10.1. The third-order valence-corrected chi connectivity index (χ3v) is 2.51. The Morgan fingerprint density at radius 1 is 1.67 bits per heavy atom. The summed E-state index contributed by atoms with van der Waals surface area (Å²) in [6, 6.07) is 1.13. The Morgan fingerprint density at radius 2 is 2.27 bits per heavy atom. The highest BCUT2D eigenvalue weighted by atomic mass is 127. The number of nitrogens with zero attached hydrogens (tertiary/aromatic N) is 1. The summed E-state index contributed by atoms with van der Waals surface area (Å²) in [6.07, 6.45) is -3.31. The van der Waals surface area contributed by atoms with Gasteiger partial charge in [-0.25, -0.2) is 13.8 Å². The van der Waals surface area contributed by atoms with Crippen LogP contribution in [0.1, 0.15) is 17.6 Å². The van der Waals surface area contributed by atoms with Crippen molar-refractivity contribution in [1.82, 2.24) is 4.98 Å². The maximum atomic E-state index is 12.6. The van der Waals surface area contributed by atoms with Gasteiger partial charge in [-0.05, 0) is 28.7 Å². The van der Waals surface area contributed by atoms with Crippen molar-refractivity contribution in [1.29, 1.82) is 0 Å². The topological polar surface area (TPSA) is 50.2 Å². The van der Waals surface area contributed by atoms with Crippen molar-refractivity contribution < 1.29 is 18.7 Å². The van der Waals surface area contributed by atoms with Crippen LogP contribution in [-0.4, -0.2) is 16.1 Å². The van der Waals surface area contributed by atoms with E-state index in [0.717, 1.165) is 6.07 Å². The van der Waals surface area contributed by atoms with E-state index in [9.17, 15) is 13.6 Å². The maximum Gasteiger partial charge on any atom is 0.307 e. The van der Waals surface area contributed by atoms with E-state index in [1.807, 2.05) is 0 Å². The summed E-state index contributed by atoms with van der Waals surface area (Å²) < 4.78 is 25.4. The Hall–Kier alpha value is -0.500. The van der Waals surface area contributed by atoms with Crippen molar-refractivity contribution in [2.45, 2.75) is 12.8 Å². The van der Waals surface area contributed by atoms with Crippen molar-refractivity contribution in [2.75, 3.05) is 0 Å². The fourth-order valence-corrected chi connectivity index (χ4v) is 2.04. The Labute approximate surface area is 103 Å². The second-order valence-corrected chi connectivity index (χ2v) is 4.14. The minimum Gasteiger partial charge on any atom is -0.481 e. The summed E-state index contributed by atoms with van der Waals surface area (Å²) in [6.45, 7) is 0. The molecule has 0 amide bonds. The van der Waals surface area contributed by atoms with Crippen LogP contribution in [0, 0.1) is 3.70 Å². The summed E-state index contributed by atoms with van der Waals surface area (Å²) in [4.78, 5) is 14.2. The highest BCUT2D eigenvalue weighted by Gasteiger charge is 2.19. The van der Waals surface area contributed by atoms with Crippen LogP contribution >= 0.6 is 34.2 Å². The molecule has 0 atom stereocenters. The number of carboxylic acids is 1. The van der Waals surface area contributed by atoms with Gasteiger partial charge in [0.2, 0.25) is 0 Å². The van der Waals surface area contributed by atoms with Gasteiger partial charge in [-0.15, -0.1) is 0 Å². The van der Waals surface area contributed by atoms with Crippen molar-refractivity contribution in [3.8, 4) is 0 Å². The fraction of sp³-hybridized carbons (Fsp3) is 0.250. The molecule has 15 heavy (non-hydrogen) atoms. The van der Waals surface area contributed by atoms with E-state index in [4.69, 9.17) is 16.7 Å². The molecule has 0 aliphatic heterocycles. The Balaban J connectivity index is 3.26. The molecule has 1 aromatic rings. The number of halogens is 4. The molecule has 0 unspecified atom stereocenters. The number of hydrogen-bond donors (Lipinski definition) is 1. The van der Waals surface area contributed by atoms with Crippen LogP contribution in [0.15, 0.2) is 6.07 Å². The molecule has 0 saturated heterocycles. The molecule has 0 aliphatic rings. The van der Waals surface area contributed by atoms with E-state index in [1.54, 1.807) is 22.6 Å². The van der Waals surface area contributed by atoms with E-state index >= 15 is 0 Å². The van der Waals surface area contributed by atoms with Crippen LogP contribution < -0.4 is 0 Å². The average molecular weight is 347 g/mol. The Kier molecular flexibility index (Phi) is 4.21. The zero-order valence-electron chi connectivity index (χ0n) is 7.18. The molecule has 0 bridgehead atoms. The minimum absolute atomic E-state index is 0.125. The first-order valence-corrected chi connectivity index (χ1v) is 5.22. The monoisotopic (exact) mass is 347 g/mol.